The fraction of sp³-hybridized carbons (Fsp3) is 0.227. The third-order valence-electron chi connectivity index (χ3n) is 4.81. The van der Waals surface area contributed by atoms with Gasteiger partial charge in [-0.05, 0) is 36.2 Å². The molecule has 164 valence electrons. The average molecular weight is 469 g/mol. The van der Waals surface area contributed by atoms with Crippen LogP contribution in [0, 0.1) is 5.82 Å². The molecule has 10 heteroatoms. The number of nitrogens with zero attached hydrogens (tertiary/aromatic N) is 4. The van der Waals surface area contributed by atoms with Gasteiger partial charge >= 0.3 is 0 Å². The smallest absolute Gasteiger partial charge is 0.156 e. The SMILES string of the molecule is CNc1cc(-c2nnc(CC(=O)[C@H](Cc3ccc(F)cc3)NCc3cscn3)s2)ccn1. The number of aromatic nitrogens is 4. The number of hydrogen-bond donors (Lipinski definition) is 2. The molecule has 0 bridgehead atoms. The molecule has 0 aliphatic carbocycles. The molecule has 0 amide bonds. The van der Waals surface area contributed by atoms with Crippen molar-refractivity contribution in [2.45, 2.75) is 25.4 Å². The van der Waals surface area contributed by atoms with Crippen molar-refractivity contribution in [2.75, 3.05) is 12.4 Å². The van der Waals surface area contributed by atoms with Crippen LogP contribution in [0.2, 0.25) is 0 Å². The molecule has 32 heavy (non-hydrogen) atoms. The highest BCUT2D eigenvalue weighted by molar-refractivity contribution is 7.14. The van der Waals surface area contributed by atoms with E-state index in [1.165, 1.54) is 34.8 Å². The topological polar surface area (TPSA) is 92.7 Å². The summed E-state index contributed by atoms with van der Waals surface area (Å²) < 4.78 is 13.3. The van der Waals surface area contributed by atoms with Crippen LogP contribution < -0.4 is 10.6 Å². The van der Waals surface area contributed by atoms with Crippen molar-refractivity contribution in [1.82, 2.24) is 25.5 Å². The minimum atomic E-state index is -0.452. The number of anilines is 1. The maximum Gasteiger partial charge on any atom is 0.156 e. The lowest BCUT2D eigenvalue weighted by Gasteiger charge is -2.17. The second-order valence-corrected chi connectivity index (χ2v) is 8.85. The molecule has 3 aromatic heterocycles. The molecule has 0 radical (unpaired) electrons. The van der Waals surface area contributed by atoms with E-state index in [1.807, 2.05) is 17.5 Å². The molecule has 4 rings (SSSR count). The standard InChI is InChI=1S/C22H21FN6OS2/c1-24-20-9-15(6-7-25-20)22-29-28-21(32-22)10-19(30)18(26-11-17-12-31-13-27-17)8-14-2-4-16(23)5-3-14/h2-7,9,12-13,18,26H,8,10-11H2,1H3,(H,24,25)/t18-/m0/s1. The second kappa shape index (κ2) is 10.5. The van der Waals surface area contributed by atoms with Crippen molar-refractivity contribution in [1.29, 1.82) is 0 Å². The van der Waals surface area contributed by atoms with E-state index in [0.29, 0.717) is 18.0 Å². The molecule has 0 aliphatic heterocycles. The summed E-state index contributed by atoms with van der Waals surface area (Å²) in [5, 5.41) is 18.1. The van der Waals surface area contributed by atoms with Gasteiger partial charge in [0, 0.05) is 30.7 Å². The summed E-state index contributed by atoms with van der Waals surface area (Å²) in [7, 11) is 1.80. The fourth-order valence-corrected chi connectivity index (χ4v) is 4.53. The van der Waals surface area contributed by atoms with Gasteiger partial charge in [0.15, 0.2) is 5.78 Å². The molecule has 2 N–H and O–H groups in total. The number of hydrogen-bond acceptors (Lipinski definition) is 9. The van der Waals surface area contributed by atoms with E-state index >= 15 is 0 Å². The number of carbonyl (C=O) groups excluding carboxylic acids is 1. The Balaban J connectivity index is 1.47. The Morgan fingerprint density at radius 2 is 2.00 bits per heavy atom. The van der Waals surface area contributed by atoms with Crippen LogP contribution in [0.4, 0.5) is 10.2 Å². The molecular weight excluding hydrogens is 447 g/mol. The van der Waals surface area contributed by atoms with Crippen LogP contribution in [0.5, 0.6) is 0 Å². The Hall–Kier alpha value is -3.08. The van der Waals surface area contributed by atoms with Crippen LogP contribution in [0.25, 0.3) is 10.6 Å². The highest BCUT2D eigenvalue weighted by atomic mass is 32.1. The minimum absolute atomic E-state index is 0.00195. The van der Waals surface area contributed by atoms with E-state index in [4.69, 9.17) is 0 Å². The average Bonchev–Trinajstić information content (AvgIpc) is 3.50. The molecule has 0 saturated heterocycles. The summed E-state index contributed by atoms with van der Waals surface area (Å²) in [5.41, 5.74) is 4.41. The summed E-state index contributed by atoms with van der Waals surface area (Å²) in [6.07, 6.45) is 2.32. The van der Waals surface area contributed by atoms with Gasteiger partial charge in [-0.15, -0.1) is 21.5 Å². The number of thiazole rings is 1. The van der Waals surface area contributed by atoms with Gasteiger partial charge in [0.1, 0.15) is 21.7 Å². The maximum atomic E-state index is 13.3. The lowest BCUT2D eigenvalue weighted by atomic mass is 10.0. The normalized spacial score (nSPS) is 11.9. The number of benzene rings is 1. The Bertz CT molecular complexity index is 1160. The monoisotopic (exact) mass is 468 g/mol. The molecule has 0 saturated carbocycles. The van der Waals surface area contributed by atoms with E-state index in [2.05, 4.69) is 30.8 Å². The lowest BCUT2D eigenvalue weighted by molar-refractivity contribution is -0.120. The summed E-state index contributed by atoms with van der Waals surface area (Å²) >= 11 is 2.90. The molecule has 1 aromatic carbocycles. The van der Waals surface area contributed by atoms with Crippen LogP contribution in [0.15, 0.2) is 53.5 Å². The van der Waals surface area contributed by atoms with Crippen LogP contribution in [0.1, 0.15) is 16.3 Å². The highest BCUT2D eigenvalue weighted by Crippen LogP contribution is 2.25. The lowest BCUT2D eigenvalue weighted by Crippen LogP contribution is -2.39. The molecule has 1 atom stereocenters. The van der Waals surface area contributed by atoms with Crippen LogP contribution in [-0.4, -0.2) is 39.0 Å². The fourth-order valence-electron chi connectivity index (χ4n) is 3.12. The largest absolute Gasteiger partial charge is 0.373 e. The van der Waals surface area contributed by atoms with Crippen molar-refractivity contribution in [2.24, 2.45) is 0 Å². The van der Waals surface area contributed by atoms with Gasteiger partial charge < -0.3 is 10.6 Å². The summed E-state index contributed by atoms with van der Waals surface area (Å²) in [6, 6.07) is 9.51. The van der Waals surface area contributed by atoms with E-state index in [9.17, 15) is 9.18 Å². The number of rotatable bonds is 10. The van der Waals surface area contributed by atoms with E-state index in [1.54, 1.807) is 30.9 Å². The van der Waals surface area contributed by atoms with Crippen LogP contribution in [-0.2, 0) is 24.2 Å². The second-order valence-electron chi connectivity index (χ2n) is 7.07. The zero-order valence-electron chi connectivity index (χ0n) is 17.3. The molecule has 0 fully saturated rings. The zero-order chi connectivity index (χ0) is 22.3. The molecule has 4 aromatic rings. The van der Waals surface area contributed by atoms with Crippen molar-refractivity contribution in [3.8, 4) is 10.6 Å². The molecule has 0 aliphatic rings. The maximum absolute atomic E-state index is 13.3. The number of carbonyl (C=O) groups is 1. The Labute approximate surface area is 192 Å². The van der Waals surface area contributed by atoms with Crippen molar-refractivity contribution >= 4 is 34.3 Å². The van der Waals surface area contributed by atoms with E-state index in [0.717, 1.165) is 27.6 Å². The molecule has 7 nitrogen and oxygen atoms in total. The van der Waals surface area contributed by atoms with Gasteiger partial charge in [-0.25, -0.2) is 14.4 Å². The van der Waals surface area contributed by atoms with Gasteiger partial charge in [-0.2, -0.15) is 0 Å². The first kappa shape index (κ1) is 22.1. The van der Waals surface area contributed by atoms with Gasteiger partial charge in [-0.3, -0.25) is 4.79 Å². The predicted molar refractivity (Wildman–Crippen MR) is 124 cm³/mol. The third kappa shape index (κ3) is 5.78. The van der Waals surface area contributed by atoms with Gasteiger partial charge in [0.05, 0.1) is 23.7 Å². The first-order valence-electron chi connectivity index (χ1n) is 9.95. The third-order valence-corrected chi connectivity index (χ3v) is 6.42. The molecule has 3 heterocycles. The first-order chi connectivity index (χ1) is 15.6. The molecular formula is C22H21FN6OS2. The number of nitrogens with one attached hydrogen (secondary N) is 2. The summed E-state index contributed by atoms with van der Waals surface area (Å²) in [6.45, 7) is 0.478. The number of pyridine rings is 1. The van der Waals surface area contributed by atoms with E-state index in [-0.39, 0.29) is 18.0 Å². The summed E-state index contributed by atoms with van der Waals surface area (Å²) in [5.74, 6) is 0.435. The number of Topliss-reactive ketones (excluding diaryl/α,β-unsaturated/α-hetero) is 1. The van der Waals surface area contributed by atoms with Gasteiger partial charge in [0.2, 0.25) is 0 Å². The Kier molecular flexibility index (Phi) is 7.25. The van der Waals surface area contributed by atoms with Gasteiger partial charge in [0.25, 0.3) is 0 Å². The quantitative estimate of drug-likeness (QED) is 0.366. The van der Waals surface area contributed by atoms with Crippen molar-refractivity contribution in [3.05, 3.63) is 75.6 Å². The zero-order valence-corrected chi connectivity index (χ0v) is 18.9. The van der Waals surface area contributed by atoms with Crippen molar-refractivity contribution in [3.63, 3.8) is 0 Å². The van der Waals surface area contributed by atoms with Crippen LogP contribution in [0.3, 0.4) is 0 Å². The minimum Gasteiger partial charge on any atom is -0.373 e. The van der Waals surface area contributed by atoms with Gasteiger partial charge in [-0.1, -0.05) is 23.5 Å². The molecule has 0 unspecified atom stereocenters. The first-order valence-corrected chi connectivity index (χ1v) is 11.7. The number of ketones is 1. The highest BCUT2D eigenvalue weighted by Gasteiger charge is 2.21. The van der Waals surface area contributed by atoms with E-state index < -0.39 is 6.04 Å². The molecule has 0 spiro atoms. The Morgan fingerprint density at radius 1 is 1.16 bits per heavy atom. The van der Waals surface area contributed by atoms with Crippen LogP contribution >= 0.6 is 22.7 Å². The van der Waals surface area contributed by atoms with Crippen molar-refractivity contribution < 1.29 is 9.18 Å². The number of halogens is 1. The Morgan fingerprint density at radius 3 is 2.75 bits per heavy atom. The predicted octanol–water partition coefficient (Wildman–Crippen LogP) is 3.75. The summed E-state index contributed by atoms with van der Waals surface area (Å²) in [4.78, 5) is 21.6.